The molecular weight excluding hydrogens is 348 g/mol. The molecule has 1 amide bonds. The third-order valence-corrected chi connectivity index (χ3v) is 9.94. The first-order chi connectivity index (χ1) is 13.6. The SMILES string of the molecule is O=C(NC1C2CC3CC(C2)CC1C3)C12C[C@@H]3C[C@@H](C1)CC(n1cncn1)(C3)C2. The molecule has 2 atom stereocenters. The van der Waals surface area contributed by atoms with Gasteiger partial charge in [-0.1, -0.05) is 0 Å². The van der Waals surface area contributed by atoms with E-state index in [0.29, 0.717) is 23.8 Å². The number of hydrogen-bond donors (Lipinski definition) is 1. The second-order valence-corrected chi connectivity index (χ2v) is 11.7. The van der Waals surface area contributed by atoms with Gasteiger partial charge in [0.25, 0.3) is 0 Å². The van der Waals surface area contributed by atoms with Crippen LogP contribution in [-0.4, -0.2) is 26.7 Å². The van der Waals surface area contributed by atoms with Crippen molar-refractivity contribution in [2.24, 2.45) is 40.9 Å². The van der Waals surface area contributed by atoms with Crippen LogP contribution in [0.3, 0.4) is 0 Å². The maximum atomic E-state index is 13.8. The molecule has 1 aromatic heterocycles. The molecule has 1 aromatic rings. The topological polar surface area (TPSA) is 59.8 Å². The quantitative estimate of drug-likeness (QED) is 0.873. The van der Waals surface area contributed by atoms with Crippen molar-refractivity contribution in [1.82, 2.24) is 20.1 Å². The average Bonchev–Trinajstić information content (AvgIpc) is 3.18. The molecule has 8 aliphatic rings. The van der Waals surface area contributed by atoms with Gasteiger partial charge in [0.1, 0.15) is 12.7 Å². The molecule has 0 aliphatic heterocycles. The van der Waals surface area contributed by atoms with Crippen LogP contribution in [0.25, 0.3) is 0 Å². The summed E-state index contributed by atoms with van der Waals surface area (Å²) in [6.45, 7) is 0. The Balaban J connectivity index is 1.17. The highest BCUT2D eigenvalue weighted by atomic mass is 16.2. The predicted molar refractivity (Wildman–Crippen MR) is 104 cm³/mol. The van der Waals surface area contributed by atoms with E-state index >= 15 is 0 Å². The summed E-state index contributed by atoms with van der Waals surface area (Å²) in [7, 11) is 0. The zero-order valence-corrected chi connectivity index (χ0v) is 16.7. The van der Waals surface area contributed by atoms with Crippen molar-refractivity contribution < 1.29 is 4.79 Å². The Labute approximate surface area is 167 Å². The number of carbonyl (C=O) groups is 1. The van der Waals surface area contributed by atoms with E-state index in [1.807, 2.05) is 6.33 Å². The normalized spacial score (nSPS) is 52.9. The van der Waals surface area contributed by atoms with Gasteiger partial charge in [0.2, 0.25) is 5.91 Å². The van der Waals surface area contributed by atoms with Crippen molar-refractivity contribution in [3.05, 3.63) is 12.7 Å². The lowest BCUT2D eigenvalue weighted by Gasteiger charge is -2.61. The van der Waals surface area contributed by atoms with Crippen LogP contribution in [0, 0.1) is 40.9 Å². The molecule has 1 heterocycles. The number of nitrogens with zero attached hydrogens (tertiary/aromatic N) is 3. The van der Waals surface area contributed by atoms with E-state index in [1.165, 1.54) is 51.4 Å². The summed E-state index contributed by atoms with van der Waals surface area (Å²) in [5.41, 5.74) is -0.104. The Morgan fingerprint density at radius 1 is 0.893 bits per heavy atom. The summed E-state index contributed by atoms with van der Waals surface area (Å²) < 4.78 is 2.12. The summed E-state index contributed by atoms with van der Waals surface area (Å²) in [5.74, 6) is 5.24. The molecule has 28 heavy (non-hydrogen) atoms. The van der Waals surface area contributed by atoms with E-state index in [1.54, 1.807) is 6.33 Å². The number of hydrogen-bond acceptors (Lipinski definition) is 3. The fourth-order valence-corrected chi connectivity index (χ4v) is 9.67. The van der Waals surface area contributed by atoms with Crippen molar-refractivity contribution >= 4 is 5.91 Å². The molecule has 0 spiro atoms. The second-order valence-electron chi connectivity index (χ2n) is 11.7. The van der Waals surface area contributed by atoms with Crippen LogP contribution in [0.4, 0.5) is 0 Å². The molecule has 8 aliphatic carbocycles. The zero-order chi connectivity index (χ0) is 18.5. The molecule has 8 fully saturated rings. The maximum Gasteiger partial charge on any atom is 0.226 e. The number of amides is 1. The third kappa shape index (κ3) is 2.16. The minimum atomic E-state index is -0.148. The van der Waals surface area contributed by atoms with Gasteiger partial charge in [-0.2, -0.15) is 5.10 Å². The molecule has 1 N–H and O–H groups in total. The Hall–Kier alpha value is -1.39. The first-order valence-corrected chi connectivity index (χ1v) is 11.8. The van der Waals surface area contributed by atoms with Gasteiger partial charge in [0.05, 0.1) is 11.0 Å². The van der Waals surface area contributed by atoms with Crippen molar-refractivity contribution in [3.8, 4) is 0 Å². The average molecular weight is 381 g/mol. The van der Waals surface area contributed by atoms with Gasteiger partial charge in [0.15, 0.2) is 0 Å². The van der Waals surface area contributed by atoms with Crippen LogP contribution < -0.4 is 5.32 Å². The maximum absolute atomic E-state index is 13.8. The summed E-state index contributed by atoms with van der Waals surface area (Å²) in [4.78, 5) is 18.1. The van der Waals surface area contributed by atoms with Gasteiger partial charge in [-0.3, -0.25) is 4.79 Å². The standard InChI is InChI=1S/C23H32N4O/c28-21(26-20-18-3-14-1-15(5-18)6-19(20)4-14)22-7-16-2-17(8-22)10-23(9-16,11-22)27-13-24-12-25-27/h12-20H,1-11H2,(H,26,28)/t14?,15?,16-,17-,18?,19?,20?,22?,23?/m0/s1. The van der Waals surface area contributed by atoms with E-state index < -0.39 is 0 Å². The fourth-order valence-electron chi connectivity index (χ4n) is 9.67. The summed E-state index contributed by atoms with van der Waals surface area (Å²) in [6.07, 6.45) is 17.4. The van der Waals surface area contributed by atoms with E-state index in [2.05, 4.69) is 20.1 Å². The highest BCUT2D eigenvalue weighted by Gasteiger charge is 2.62. The van der Waals surface area contributed by atoms with Crippen molar-refractivity contribution in [1.29, 1.82) is 0 Å². The molecule has 0 radical (unpaired) electrons. The summed E-state index contributed by atoms with van der Waals surface area (Å²) >= 11 is 0. The second kappa shape index (κ2) is 5.40. The van der Waals surface area contributed by atoms with Gasteiger partial charge in [-0.05, 0) is 106 Å². The van der Waals surface area contributed by atoms with Gasteiger partial charge in [0, 0.05) is 6.04 Å². The van der Waals surface area contributed by atoms with Crippen molar-refractivity contribution in [3.63, 3.8) is 0 Å². The minimum Gasteiger partial charge on any atom is -0.352 e. The Morgan fingerprint density at radius 2 is 1.54 bits per heavy atom. The largest absolute Gasteiger partial charge is 0.352 e. The van der Waals surface area contributed by atoms with Crippen molar-refractivity contribution in [2.45, 2.75) is 82.2 Å². The van der Waals surface area contributed by atoms with E-state index in [0.717, 1.165) is 42.9 Å². The zero-order valence-electron chi connectivity index (χ0n) is 16.7. The Bertz CT molecular complexity index is 760. The first-order valence-electron chi connectivity index (χ1n) is 11.8. The highest BCUT2D eigenvalue weighted by molar-refractivity contribution is 5.83. The number of carbonyl (C=O) groups excluding carboxylic acids is 1. The lowest BCUT2D eigenvalue weighted by atomic mass is 9.46. The fraction of sp³-hybridized carbons (Fsp3) is 0.870. The molecule has 0 aromatic carbocycles. The molecule has 5 nitrogen and oxygen atoms in total. The number of rotatable bonds is 3. The van der Waals surface area contributed by atoms with Gasteiger partial charge < -0.3 is 5.32 Å². The summed E-state index contributed by atoms with van der Waals surface area (Å²) in [5, 5.41) is 8.24. The number of nitrogens with one attached hydrogen (secondary N) is 1. The van der Waals surface area contributed by atoms with Gasteiger partial charge in [-0.25, -0.2) is 9.67 Å². The van der Waals surface area contributed by atoms with E-state index in [-0.39, 0.29) is 11.0 Å². The molecule has 5 heteroatoms. The monoisotopic (exact) mass is 380 g/mol. The van der Waals surface area contributed by atoms with Gasteiger partial charge >= 0.3 is 0 Å². The van der Waals surface area contributed by atoms with Crippen LogP contribution >= 0.6 is 0 Å². The molecule has 8 bridgehead atoms. The highest BCUT2D eigenvalue weighted by Crippen LogP contribution is 2.64. The number of aromatic nitrogens is 3. The van der Waals surface area contributed by atoms with E-state index in [4.69, 9.17) is 0 Å². The lowest BCUT2D eigenvalue weighted by molar-refractivity contribution is -0.159. The molecule has 8 saturated carbocycles. The smallest absolute Gasteiger partial charge is 0.226 e. The lowest BCUT2D eigenvalue weighted by Crippen LogP contribution is -2.64. The summed E-state index contributed by atoms with van der Waals surface area (Å²) in [6, 6.07) is 0.468. The molecule has 0 saturated heterocycles. The predicted octanol–water partition coefficient (Wildman–Crippen LogP) is 3.51. The Kier molecular flexibility index (Phi) is 3.16. The molecule has 150 valence electrons. The molecule has 9 rings (SSSR count). The van der Waals surface area contributed by atoms with Crippen LogP contribution in [0.15, 0.2) is 12.7 Å². The van der Waals surface area contributed by atoms with E-state index in [9.17, 15) is 4.79 Å². The molecular formula is C23H32N4O. The van der Waals surface area contributed by atoms with Gasteiger partial charge in [-0.15, -0.1) is 0 Å². The van der Waals surface area contributed by atoms with Crippen LogP contribution in [0.2, 0.25) is 0 Å². The van der Waals surface area contributed by atoms with Crippen LogP contribution in [-0.2, 0) is 10.3 Å². The first kappa shape index (κ1) is 16.4. The molecule has 0 unspecified atom stereocenters. The Morgan fingerprint density at radius 3 is 2.14 bits per heavy atom. The van der Waals surface area contributed by atoms with Crippen LogP contribution in [0.5, 0.6) is 0 Å². The van der Waals surface area contributed by atoms with Crippen molar-refractivity contribution in [2.75, 3.05) is 0 Å². The minimum absolute atomic E-state index is 0.0436. The van der Waals surface area contributed by atoms with Crippen LogP contribution in [0.1, 0.15) is 70.6 Å². The third-order valence-electron chi connectivity index (χ3n) is 9.94.